The minimum atomic E-state index is -0.333. The lowest BCUT2D eigenvalue weighted by Gasteiger charge is -2.34. The van der Waals surface area contributed by atoms with Crippen molar-refractivity contribution in [3.63, 3.8) is 0 Å². The molecule has 0 bridgehead atoms. The van der Waals surface area contributed by atoms with Gasteiger partial charge in [-0.05, 0) is 43.7 Å². The second-order valence-corrected chi connectivity index (χ2v) is 6.97. The van der Waals surface area contributed by atoms with Gasteiger partial charge < -0.3 is 15.5 Å². The van der Waals surface area contributed by atoms with Gasteiger partial charge in [0.05, 0.1) is 4.88 Å². The lowest BCUT2D eigenvalue weighted by molar-refractivity contribution is -0.126. The standard InChI is InChI=1S/C17H23N3O2S.ClH/c21-16(19-12-13-6-8-18-9-7-13)14-4-1-2-10-20(14)17(22)15-5-3-11-23-15;/h3,5-6,11,14,18H,1-2,4,7-10,12H2,(H,19,21);1H. The predicted molar refractivity (Wildman–Crippen MR) is 98.8 cm³/mol. The number of halogens is 1. The molecule has 1 saturated heterocycles. The van der Waals surface area contributed by atoms with Crippen molar-refractivity contribution >= 4 is 35.6 Å². The molecule has 1 aromatic heterocycles. The molecule has 0 aromatic carbocycles. The number of nitrogens with zero attached hydrogens (tertiary/aromatic N) is 1. The van der Waals surface area contributed by atoms with E-state index < -0.39 is 0 Å². The molecule has 1 atom stereocenters. The molecule has 132 valence electrons. The maximum atomic E-state index is 12.6. The van der Waals surface area contributed by atoms with Crippen molar-refractivity contribution in [2.75, 3.05) is 26.2 Å². The Labute approximate surface area is 152 Å². The van der Waals surface area contributed by atoms with Crippen LogP contribution < -0.4 is 10.6 Å². The topological polar surface area (TPSA) is 61.4 Å². The number of likely N-dealkylation sites (tertiary alicyclic amines) is 1. The van der Waals surface area contributed by atoms with Crippen LogP contribution in [0.1, 0.15) is 35.4 Å². The van der Waals surface area contributed by atoms with Gasteiger partial charge in [-0.25, -0.2) is 0 Å². The molecule has 1 fully saturated rings. The molecule has 1 aromatic rings. The lowest BCUT2D eigenvalue weighted by atomic mass is 10.0. The van der Waals surface area contributed by atoms with Crippen molar-refractivity contribution in [3.05, 3.63) is 34.0 Å². The molecular formula is C17H24ClN3O2S. The van der Waals surface area contributed by atoms with Crippen molar-refractivity contribution < 1.29 is 9.59 Å². The largest absolute Gasteiger partial charge is 0.351 e. The van der Waals surface area contributed by atoms with Gasteiger partial charge in [0.1, 0.15) is 6.04 Å². The molecule has 3 heterocycles. The lowest BCUT2D eigenvalue weighted by Crippen LogP contribution is -2.52. The third-order valence-corrected chi connectivity index (χ3v) is 5.30. The smallest absolute Gasteiger partial charge is 0.264 e. The second kappa shape index (κ2) is 9.20. The fourth-order valence-corrected chi connectivity index (χ4v) is 3.82. The van der Waals surface area contributed by atoms with Crippen LogP contribution in [-0.4, -0.2) is 48.9 Å². The van der Waals surface area contributed by atoms with Crippen molar-refractivity contribution in [2.45, 2.75) is 31.7 Å². The quantitative estimate of drug-likeness (QED) is 0.800. The van der Waals surface area contributed by atoms with E-state index >= 15 is 0 Å². The van der Waals surface area contributed by atoms with E-state index in [0.717, 1.165) is 38.8 Å². The van der Waals surface area contributed by atoms with E-state index in [1.165, 1.54) is 16.9 Å². The van der Waals surface area contributed by atoms with Crippen molar-refractivity contribution in [2.24, 2.45) is 0 Å². The van der Waals surface area contributed by atoms with Gasteiger partial charge in [-0.1, -0.05) is 17.7 Å². The summed E-state index contributed by atoms with van der Waals surface area (Å²) in [6, 6.07) is 3.37. The van der Waals surface area contributed by atoms with Crippen LogP contribution in [0.3, 0.4) is 0 Å². The molecule has 24 heavy (non-hydrogen) atoms. The molecule has 1 unspecified atom stereocenters. The number of nitrogens with one attached hydrogen (secondary N) is 2. The summed E-state index contributed by atoms with van der Waals surface area (Å²) in [6.45, 7) is 3.10. The second-order valence-electron chi connectivity index (χ2n) is 6.02. The van der Waals surface area contributed by atoms with E-state index in [9.17, 15) is 9.59 Å². The number of thiophene rings is 1. The Morgan fingerprint density at radius 1 is 1.38 bits per heavy atom. The fourth-order valence-electron chi connectivity index (χ4n) is 3.14. The Kier molecular flexibility index (Phi) is 7.27. The zero-order valence-corrected chi connectivity index (χ0v) is 15.3. The SMILES string of the molecule is Cl.O=C(NCC1=CCNCC1)C1CCCCN1C(=O)c1cccs1. The molecule has 2 aliphatic rings. The van der Waals surface area contributed by atoms with E-state index in [2.05, 4.69) is 16.7 Å². The Bertz CT molecular complexity index is 589. The minimum absolute atomic E-state index is 0. The van der Waals surface area contributed by atoms with Gasteiger partial charge in [-0.15, -0.1) is 23.7 Å². The first kappa shape index (κ1) is 19.0. The zero-order chi connectivity index (χ0) is 16.1. The van der Waals surface area contributed by atoms with Crippen LogP contribution in [0.5, 0.6) is 0 Å². The maximum Gasteiger partial charge on any atom is 0.264 e. The van der Waals surface area contributed by atoms with Gasteiger partial charge >= 0.3 is 0 Å². The Hall–Kier alpha value is -1.37. The van der Waals surface area contributed by atoms with Crippen LogP contribution in [0.4, 0.5) is 0 Å². The third-order valence-electron chi connectivity index (χ3n) is 4.45. The molecule has 2 N–H and O–H groups in total. The van der Waals surface area contributed by atoms with Gasteiger partial charge in [0.15, 0.2) is 0 Å². The number of amides is 2. The molecule has 7 heteroatoms. The average Bonchev–Trinajstić information content (AvgIpc) is 3.14. The monoisotopic (exact) mass is 369 g/mol. The highest BCUT2D eigenvalue weighted by Gasteiger charge is 2.32. The van der Waals surface area contributed by atoms with Gasteiger partial charge in [-0.2, -0.15) is 0 Å². The van der Waals surface area contributed by atoms with Gasteiger partial charge in [0.25, 0.3) is 5.91 Å². The summed E-state index contributed by atoms with van der Waals surface area (Å²) >= 11 is 1.44. The number of hydrogen-bond acceptors (Lipinski definition) is 4. The zero-order valence-electron chi connectivity index (χ0n) is 13.6. The summed E-state index contributed by atoms with van der Waals surface area (Å²) in [6.07, 6.45) is 5.84. The van der Waals surface area contributed by atoms with E-state index in [0.29, 0.717) is 18.0 Å². The highest BCUT2D eigenvalue weighted by atomic mass is 35.5. The molecule has 0 spiro atoms. The van der Waals surface area contributed by atoms with Crippen molar-refractivity contribution in [1.82, 2.24) is 15.5 Å². The first-order valence-electron chi connectivity index (χ1n) is 8.26. The molecular weight excluding hydrogens is 346 g/mol. The van der Waals surface area contributed by atoms with E-state index in [1.807, 2.05) is 17.5 Å². The number of rotatable bonds is 4. The molecule has 3 rings (SSSR count). The predicted octanol–water partition coefficient (Wildman–Crippen LogP) is 2.20. The van der Waals surface area contributed by atoms with Gasteiger partial charge in [-0.3, -0.25) is 9.59 Å². The van der Waals surface area contributed by atoms with Crippen molar-refractivity contribution in [1.29, 1.82) is 0 Å². The van der Waals surface area contributed by atoms with E-state index in [4.69, 9.17) is 0 Å². The molecule has 0 saturated carbocycles. The first-order chi connectivity index (χ1) is 11.3. The normalized spacial score (nSPS) is 20.8. The molecule has 0 radical (unpaired) electrons. The first-order valence-corrected chi connectivity index (χ1v) is 9.14. The van der Waals surface area contributed by atoms with E-state index in [-0.39, 0.29) is 30.3 Å². The number of hydrogen-bond donors (Lipinski definition) is 2. The van der Waals surface area contributed by atoms with Gasteiger partial charge in [0.2, 0.25) is 5.91 Å². The maximum absolute atomic E-state index is 12.6. The van der Waals surface area contributed by atoms with Gasteiger partial charge in [0, 0.05) is 19.6 Å². The Morgan fingerprint density at radius 2 is 2.25 bits per heavy atom. The Morgan fingerprint density at radius 3 is 2.96 bits per heavy atom. The average molecular weight is 370 g/mol. The molecule has 2 aliphatic heterocycles. The van der Waals surface area contributed by atoms with Crippen LogP contribution in [0, 0.1) is 0 Å². The summed E-state index contributed by atoms with van der Waals surface area (Å²) in [5, 5.41) is 8.19. The highest BCUT2D eigenvalue weighted by molar-refractivity contribution is 7.12. The highest BCUT2D eigenvalue weighted by Crippen LogP contribution is 2.22. The van der Waals surface area contributed by atoms with Crippen LogP contribution in [0.2, 0.25) is 0 Å². The van der Waals surface area contributed by atoms with Crippen LogP contribution in [0.25, 0.3) is 0 Å². The number of carbonyl (C=O) groups excluding carboxylic acids is 2. The van der Waals surface area contributed by atoms with Crippen LogP contribution >= 0.6 is 23.7 Å². The summed E-state index contributed by atoms with van der Waals surface area (Å²) in [5.74, 6) is -0.0324. The van der Waals surface area contributed by atoms with Crippen LogP contribution in [0.15, 0.2) is 29.2 Å². The summed E-state index contributed by atoms with van der Waals surface area (Å²) < 4.78 is 0. The number of piperidine rings is 1. The van der Waals surface area contributed by atoms with Crippen LogP contribution in [-0.2, 0) is 4.79 Å². The summed E-state index contributed by atoms with van der Waals surface area (Å²) in [7, 11) is 0. The number of carbonyl (C=O) groups is 2. The molecule has 2 amide bonds. The van der Waals surface area contributed by atoms with E-state index in [1.54, 1.807) is 4.90 Å². The Balaban J connectivity index is 0.00000208. The fraction of sp³-hybridized carbons (Fsp3) is 0.529. The summed E-state index contributed by atoms with van der Waals surface area (Å²) in [4.78, 5) is 27.7. The van der Waals surface area contributed by atoms with Crippen molar-refractivity contribution in [3.8, 4) is 0 Å². The molecule has 5 nitrogen and oxygen atoms in total. The minimum Gasteiger partial charge on any atom is -0.351 e. The molecule has 0 aliphatic carbocycles. The summed E-state index contributed by atoms with van der Waals surface area (Å²) in [5.41, 5.74) is 1.27. The third kappa shape index (κ3) is 4.59.